The van der Waals surface area contributed by atoms with E-state index in [1.54, 1.807) is 36.9 Å². The number of unbranched alkanes of at least 4 members (excludes halogenated alkanes) is 1. The number of fused-ring (bicyclic) bond motifs is 1. The van der Waals surface area contributed by atoms with Gasteiger partial charge < -0.3 is 25.3 Å². The van der Waals surface area contributed by atoms with Gasteiger partial charge >= 0.3 is 0 Å². The molecule has 0 bridgehead atoms. The van der Waals surface area contributed by atoms with Crippen LogP contribution in [0.3, 0.4) is 0 Å². The van der Waals surface area contributed by atoms with Gasteiger partial charge in [-0.15, -0.1) is 0 Å². The van der Waals surface area contributed by atoms with Crippen molar-refractivity contribution in [2.45, 2.75) is 19.4 Å². The summed E-state index contributed by atoms with van der Waals surface area (Å²) in [4.78, 5) is 18.6. The molecule has 7 nitrogen and oxygen atoms in total. The molecule has 0 saturated heterocycles. The Labute approximate surface area is 198 Å². The van der Waals surface area contributed by atoms with Crippen LogP contribution in [0.25, 0.3) is 11.0 Å². The number of nitrogens with zero attached hydrogens (tertiary/aromatic N) is 3. The van der Waals surface area contributed by atoms with Gasteiger partial charge in [0, 0.05) is 23.8 Å². The van der Waals surface area contributed by atoms with Crippen LogP contribution < -0.4 is 11.1 Å². The molecule has 0 aliphatic carbocycles. The number of benzene rings is 2. The van der Waals surface area contributed by atoms with Crippen LogP contribution in [0.2, 0.25) is 5.02 Å². The van der Waals surface area contributed by atoms with E-state index in [0.717, 1.165) is 30.4 Å². The lowest BCUT2D eigenvalue weighted by Crippen LogP contribution is -2.26. The quantitative estimate of drug-likeness (QED) is 0.406. The predicted octanol–water partition coefficient (Wildman–Crippen LogP) is 5.02. The van der Waals surface area contributed by atoms with Crippen molar-refractivity contribution in [2.75, 3.05) is 25.0 Å². The summed E-state index contributed by atoms with van der Waals surface area (Å²) in [6.07, 6.45) is 7.06. The van der Waals surface area contributed by atoms with E-state index >= 15 is 4.39 Å². The Hall–Kier alpha value is -2.78. The molecule has 1 aliphatic rings. The molecule has 32 heavy (non-hydrogen) atoms. The third-order valence-electron chi connectivity index (χ3n) is 5.27. The molecule has 10 heteroatoms. The van der Waals surface area contributed by atoms with Gasteiger partial charge in [0.05, 0.1) is 46.6 Å². The van der Waals surface area contributed by atoms with E-state index in [-0.39, 0.29) is 16.8 Å². The van der Waals surface area contributed by atoms with Gasteiger partial charge in [-0.3, -0.25) is 4.79 Å². The lowest BCUT2D eigenvalue weighted by Gasteiger charge is -2.23. The number of aromatic nitrogens is 2. The fourth-order valence-electron chi connectivity index (χ4n) is 3.60. The van der Waals surface area contributed by atoms with Gasteiger partial charge in [0.1, 0.15) is 12.1 Å². The molecular formula is C22H22BrClFN5O2. The molecule has 2 aromatic carbocycles. The molecule has 1 aliphatic heterocycles. The minimum atomic E-state index is -0.742. The van der Waals surface area contributed by atoms with Gasteiger partial charge in [-0.2, -0.15) is 0 Å². The van der Waals surface area contributed by atoms with Crippen molar-refractivity contribution in [3.05, 3.63) is 63.9 Å². The molecule has 0 atom stereocenters. The molecule has 2 heterocycles. The zero-order chi connectivity index (χ0) is 22.7. The van der Waals surface area contributed by atoms with Gasteiger partial charge in [-0.25, -0.2) is 9.37 Å². The Morgan fingerprint density at radius 3 is 2.84 bits per heavy atom. The average Bonchev–Trinajstić information content (AvgIpc) is 3.18. The third-order valence-corrected chi connectivity index (χ3v) is 6.08. The summed E-state index contributed by atoms with van der Waals surface area (Å²) < 4.78 is 23.2. The highest BCUT2D eigenvalue weighted by Crippen LogP contribution is 2.34. The largest absolute Gasteiger partial charge is 0.498 e. The van der Waals surface area contributed by atoms with Crippen LogP contribution in [-0.4, -0.2) is 40.1 Å². The molecule has 1 amide bonds. The highest BCUT2D eigenvalue weighted by Gasteiger charge is 2.21. The number of rotatable bonds is 8. The highest BCUT2D eigenvalue weighted by atomic mass is 79.9. The summed E-state index contributed by atoms with van der Waals surface area (Å²) >= 11 is 9.58. The predicted molar refractivity (Wildman–Crippen MR) is 127 cm³/mol. The van der Waals surface area contributed by atoms with E-state index in [1.807, 2.05) is 10.8 Å². The van der Waals surface area contributed by atoms with Crippen molar-refractivity contribution < 1.29 is 13.9 Å². The van der Waals surface area contributed by atoms with Gasteiger partial charge in [0.25, 0.3) is 5.91 Å². The minimum Gasteiger partial charge on any atom is -0.498 e. The van der Waals surface area contributed by atoms with Crippen molar-refractivity contribution in [1.82, 2.24) is 14.5 Å². The molecule has 0 spiro atoms. The Bertz CT molecular complexity index is 1180. The molecule has 3 N–H and O–H groups in total. The summed E-state index contributed by atoms with van der Waals surface area (Å²) in [5.74, 6) is -1.39. The number of amides is 1. The maximum atomic E-state index is 15.4. The second-order valence-corrected chi connectivity index (χ2v) is 8.75. The highest BCUT2D eigenvalue weighted by molar-refractivity contribution is 9.10. The normalized spacial score (nSPS) is 13.4. The van der Waals surface area contributed by atoms with Crippen molar-refractivity contribution in [1.29, 1.82) is 0 Å². The van der Waals surface area contributed by atoms with Gasteiger partial charge in [0.15, 0.2) is 5.82 Å². The van der Waals surface area contributed by atoms with Crippen LogP contribution in [0, 0.1) is 5.82 Å². The fraction of sp³-hybridized carbons (Fsp3) is 0.273. The number of hydrogen-bond acceptors (Lipinski definition) is 5. The number of halogens is 3. The van der Waals surface area contributed by atoms with Crippen LogP contribution in [0.5, 0.6) is 0 Å². The summed E-state index contributed by atoms with van der Waals surface area (Å²) in [6, 6.07) is 6.69. The number of nitrogens with two attached hydrogens (primary N) is 1. The minimum absolute atomic E-state index is 0.0363. The lowest BCUT2D eigenvalue weighted by molar-refractivity contribution is 0.100. The zero-order valence-electron chi connectivity index (χ0n) is 17.2. The monoisotopic (exact) mass is 521 g/mol. The Morgan fingerprint density at radius 1 is 1.31 bits per heavy atom. The molecule has 0 saturated carbocycles. The Morgan fingerprint density at radius 2 is 2.12 bits per heavy atom. The first-order valence-electron chi connectivity index (χ1n) is 10.2. The van der Waals surface area contributed by atoms with Crippen LogP contribution >= 0.6 is 27.5 Å². The van der Waals surface area contributed by atoms with E-state index in [2.05, 4.69) is 31.1 Å². The van der Waals surface area contributed by atoms with Crippen LogP contribution in [0.1, 0.15) is 23.2 Å². The molecular weight excluding hydrogens is 501 g/mol. The molecule has 0 radical (unpaired) electrons. The molecule has 1 aromatic heterocycles. The second-order valence-electron chi connectivity index (χ2n) is 7.43. The zero-order valence-corrected chi connectivity index (χ0v) is 19.5. The molecule has 3 aromatic rings. The molecule has 0 fully saturated rings. The fourth-order valence-corrected chi connectivity index (χ4v) is 4.32. The number of carbonyl (C=O) groups is 1. The van der Waals surface area contributed by atoms with Crippen LogP contribution in [-0.2, 0) is 11.3 Å². The number of aryl methyl sites for hydroxylation is 1. The summed E-state index contributed by atoms with van der Waals surface area (Å²) in [7, 11) is 0. The summed E-state index contributed by atoms with van der Waals surface area (Å²) in [5, 5.41) is 3.28. The van der Waals surface area contributed by atoms with Crippen molar-refractivity contribution in [2.24, 2.45) is 5.73 Å². The number of ether oxygens (including phenoxy) is 1. The SMILES string of the molecule is NC(=O)c1cc2c(ncn2CCCCN2C=COCC2)c(F)c1Nc1ccc(Br)cc1Cl. The number of carbonyl (C=O) groups excluding carboxylic acids is 1. The van der Waals surface area contributed by atoms with Crippen molar-refractivity contribution in [3.63, 3.8) is 0 Å². The smallest absolute Gasteiger partial charge is 0.251 e. The average molecular weight is 523 g/mol. The Balaban J connectivity index is 1.56. The molecule has 168 valence electrons. The number of anilines is 2. The number of nitrogens with one attached hydrogen (secondary N) is 1. The van der Waals surface area contributed by atoms with Gasteiger partial charge in [0.2, 0.25) is 0 Å². The summed E-state index contributed by atoms with van der Waals surface area (Å²) in [6.45, 7) is 3.12. The number of primary amides is 1. The number of hydrogen-bond donors (Lipinski definition) is 2. The topological polar surface area (TPSA) is 85.4 Å². The molecule has 4 rings (SSSR count). The van der Waals surface area contributed by atoms with Crippen LogP contribution in [0.4, 0.5) is 15.8 Å². The lowest BCUT2D eigenvalue weighted by atomic mass is 10.1. The van der Waals surface area contributed by atoms with E-state index in [0.29, 0.717) is 29.4 Å². The standard InChI is InChI=1S/C22H22BrClFN5O2/c23-14-3-4-17(16(24)11-14)28-20-15(22(26)31)12-18-21(19(20)25)27-13-30(18)6-2-1-5-29-7-9-32-10-8-29/h3-4,7,9,11-13,28H,1-2,5-6,8,10H2,(H2,26,31). The van der Waals surface area contributed by atoms with Crippen LogP contribution in [0.15, 0.2) is 47.5 Å². The van der Waals surface area contributed by atoms with Crippen molar-refractivity contribution >= 4 is 55.8 Å². The van der Waals surface area contributed by atoms with E-state index in [1.165, 1.54) is 0 Å². The van der Waals surface area contributed by atoms with Gasteiger partial charge in [-0.1, -0.05) is 27.5 Å². The third kappa shape index (κ3) is 4.83. The van der Waals surface area contributed by atoms with E-state index in [9.17, 15) is 4.79 Å². The van der Waals surface area contributed by atoms with E-state index < -0.39 is 11.7 Å². The van der Waals surface area contributed by atoms with E-state index in [4.69, 9.17) is 22.1 Å². The number of imidazole rings is 1. The van der Waals surface area contributed by atoms with Crippen molar-refractivity contribution in [3.8, 4) is 0 Å². The Kier molecular flexibility index (Phi) is 6.86. The molecule has 0 unspecified atom stereocenters. The maximum Gasteiger partial charge on any atom is 0.251 e. The summed E-state index contributed by atoms with van der Waals surface area (Å²) in [5.41, 5.74) is 6.71. The first-order valence-corrected chi connectivity index (χ1v) is 11.3. The van der Waals surface area contributed by atoms with Gasteiger partial charge in [-0.05, 0) is 37.1 Å². The maximum absolute atomic E-state index is 15.4. The first-order chi connectivity index (χ1) is 15.4. The first kappa shape index (κ1) is 22.4. The second kappa shape index (κ2) is 9.79.